The van der Waals surface area contributed by atoms with Gasteiger partial charge in [0, 0.05) is 0 Å². The summed E-state index contributed by atoms with van der Waals surface area (Å²) in [6, 6.07) is 0. The Hall–Kier alpha value is 1.63. The van der Waals surface area contributed by atoms with Crippen LogP contribution in [0.5, 0.6) is 0 Å². The van der Waals surface area contributed by atoms with Crippen LogP contribution in [0.4, 0.5) is 4.79 Å². The fraction of sp³-hybridized carbons (Fsp3) is 0.800. The molecule has 0 radical (unpaired) electrons. The van der Waals surface area contributed by atoms with Gasteiger partial charge in [-0.05, 0) is 0 Å². The van der Waals surface area contributed by atoms with Gasteiger partial charge in [-0.15, -0.1) is 0 Å². The third-order valence-corrected chi connectivity index (χ3v) is 20.4. The fourth-order valence-corrected chi connectivity index (χ4v) is 22.3. The zero-order chi connectivity index (χ0) is 8.10. The summed E-state index contributed by atoms with van der Waals surface area (Å²) in [6.07, 6.45) is 0. The summed E-state index contributed by atoms with van der Waals surface area (Å²) in [6.45, 7) is 2.03. The molecule has 1 aliphatic rings. The standard InChI is InChI=1S/C5H9AsOS4/c1-2-8-5(7)11-6-9-3-4-10-6/h2-4H2,1H3. The van der Waals surface area contributed by atoms with Crippen LogP contribution >= 0.6 is 41.8 Å². The van der Waals surface area contributed by atoms with Gasteiger partial charge in [-0.2, -0.15) is 0 Å². The Morgan fingerprint density at radius 1 is 1.55 bits per heavy atom. The third kappa shape index (κ3) is 4.41. The van der Waals surface area contributed by atoms with Crippen molar-refractivity contribution in [1.29, 1.82) is 0 Å². The van der Waals surface area contributed by atoms with E-state index in [0.717, 1.165) is 5.75 Å². The van der Waals surface area contributed by atoms with Gasteiger partial charge in [0.2, 0.25) is 0 Å². The van der Waals surface area contributed by atoms with E-state index >= 15 is 0 Å². The van der Waals surface area contributed by atoms with Crippen LogP contribution in [-0.2, 0) is 0 Å². The maximum atomic E-state index is 11.1. The molecule has 1 saturated heterocycles. The molecular weight excluding hydrogens is 279 g/mol. The van der Waals surface area contributed by atoms with E-state index in [2.05, 4.69) is 0 Å². The van der Waals surface area contributed by atoms with E-state index in [1.54, 1.807) is 10.0 Å². The number of rotatable bonds is 2. The van der Waals surface area contributed by atoms with Gasteiger partial charge in [0.1, 0.15) is 0 Å². The van der Waals surface area contributed by atoms with Crippen LogP contribution in [0.3, 0.4) is 0 Å². The molecule has 0 aromatic heterocycles. The summed E-state index contributed by atoms with van der Waals surface area (Å²) >= 11 is 0.598. The van der Waals surface area contributed by atoms with Crippen molar-refractivity contribution in [3.8, 4) is 0 Å². The van der Waals surface area contributed by atoms with E-state index in [4.69, 9.17) is 0 Å². The average molecular weight is 288 g/mol. The third-order valence-electron chi connectivity index (χ3n) is 0.888. The molecule has 6 heteroatoms. The Kier molecular flexibility index (Phi) is 5.98. The predicted molar refractivity (Wildman–Crippen MR) is 61.8 cm³/mol. The molecule has 0 amide bonds. The van der Waals surface area contributed by atoms with E-state index in [1.165, 1.54) is 23.3 Å². The molecule has 0 unspecified atom stereocenters. The first-order valence-electron chi connectivity index (χ1n) is 3.23. The van der Waals surface area contributed by atoms with Crippen LogP contribution in [0.25, 0.3) is 0 Å². The second kappa shape index (κ2) is 6.14. The molecule has 0 spiro atoms. The number of hydrogen-bond donors (Lipinski definition) is 0. The molecule has 1 rings (SSSR count). The second-order valence-corrected chi connectivity index (χ2v) is 19.7. The molecule has 1 aliphatic heterocycles. The Labute approximate surface area is 85.8 Å². The van der Waals surface area contributed by atoms with Crippen molar-refractivity contribution < 1.29 is 4.79 Å². The van der Waals surface area contributed by atoms with Crippen molar-refractivity contribution in [3.05, 3.63) is 0 Å². The van der Waals surface area contributed by atoms with E-state index in [9.17, 15) is 4.79 Å². The molecule has 0 aromatic carbocycles. The summed E-state index contributed by atoms with van der Waals surface area (Å²) < 4.78 is 0.342. The molecule has 1 nitrogen and oxygen atoms in total. The van der Waals surface area contributed by atoms with E-state index < -0.39 is 11.2 Å². The number of hydrogen-bond acceptors (Lipinski definition) is 5. The average Bonchev–Trinajstić information content (AvgIpc) is 2.40. The normalized spacial score (nSPS) is 19.0. The maximum absolute atomic E-state index is 11.1. The van der Waals surface area contributed by atoms with Crippen LogP contribution in [-0.4, -0.2) is 32.9 Å². The van der Waals surface area contributed by atoms with Crippen molar-refractivity contribution in [2.45, 2.75) is 6.92 Å². The van der Waals surface area contributed by atoms with Crippen molar-refractivity contribution in [2.75, 3.05) is 17.3 Å². The molecule has 0 bridgehead atoms. The Morgan fingerprint density at radius 2 is 2.18 bits per heavy atom. The summed E-state index contributed by atoms with van der Waals surface area (Å²) in [4.78, 5) is 11.1. The zero-order valence-corrected chi connectivity index (χ0v) is 11.3. The number of carbonyl (C=O) groups is 1. The van der Waals surface area contributed by atoms with Gasteiger partial charge in [-0.25, -0.2) is 0 Å². The molecule has 1 fully saturated rings. The van der Waals surface area contributed by atoms with Gasteiger partial charge in [0.05, 0.1) is 0 Å². The minimum atomic E-state index is -0.854. The number of thioether (sulfide) groups is 1. The van der Waals surface area contributed by atoms with Gasteiger partial charge in [0.15, 0.2) is 0 Å². The van der Waals surface area contributed by atoms with Crippen LogP contribution in [0.1, 0.15) is 6.92 Å². The quantitative estimate of drug-likeness (QED) is 0.724. The Bertz CT molecular complexity index is 136. The van der Waals surface area contributed by atoms with Gasteiger partial charge < -0.3 is 0 Å². The molecule has 64 valence electrons. The van der Waals surface area contributed by atoms with E-state index in [0.29, 0.717) is 4.45 Å². The molecule has 0 atom stereocenters. The molecule has 0 aliphatic carbocycles. The number of carbonyl (C=O) groups excluding carboxylic acids is 1. The van der Waals surface area contributed by atoms with E-state index in [1.807, 2.05) is 27.0 Å². The SMILES string of the molecule is CCSC(=O)S[As]1SCCS1. The predicted octanol–water partition coefficient (Wildman–Crippen LogP) is 3.06. The first-order chi connectivity index (χ1) is 5.33. The Morgan fingerprint density at radius 3 is 2.73 bits per heavy atom. The summed E-state index contributed by atoms with van der Waals surface area (Å²) in [5, 5.41) is 0. The van der Waals surface area contributed by atoms with Crippen molar-refractivity contribution in [1.82, 2.24) is 0 Å². The zero-order valence-electron chi connectivity index (χ0n) is 6.11. The molecule has 1 heterocycles. The molecule has 0 saturated carbocycles. The van der Waals surface area contributed by atoms with Gasteiger partial charge in [-0.3, -0.25) is 0 Å². The first kappa shape index (κ1) is 10.7. The van der Waals surface area contributed by atoms with Gasteiger partial charge in [0.25, 0.3) is 0 Å². The summed E-state index contributed by atoms with van der Waals surface area (Å²) in [5.41, 5.74) is 0. The fourth-order valence-electron chi connectivity index (χ4n) is 0.519. The van der Waals surface area contributed by atoms with Gasteiger partial charge >= 0.3 is 86.4 Å². The second-order valence-electron chi connectivity index (χ2n) is 1.66. The van der Waals surface area contributed by atoms with Crippen LogP contribution in [0.2, 0.25) is 0 Å². The first-order valence-corrected chi connectivity index (χ1v) is 13.8. The topological polar surface area (TPSA) is 17.1 Å². The summed E-state index contributed by atoms with van der Waals surface area (Å²) in [5.74, 6) is 3.45. The van der Waals surface area contributed by atoms with Crippen LogP contribution in [0.15, 0.2) is 0 Å². The Balaban J connectivity index is 2.13. The van der Waals surface area contributed by atoms with Crippen molar-refractivity contribution >= 4 is 57.5 Å². The molecular formula is C5H9AsOS4. The molecule has 0 aromatic rings. The van der Waals surface area contributed by atoms with Crippen molar-refractivity contribution in [2.24, 2.45) is 0 Å². The van der Waals surface area contributed by atoms with Gasteiger partial charge in [-0.1, -0.05) is 0 Å². The van der Waals surface area contributed by atoms with E-state index in [-0.39, 0.29) is 0 Å². The molecule has 0 N–H and O–H groups in total. The monoisotopic (exact) mass is 288 g/mol. The van der Waals surface area contributed by atoms with Crippen LogP contribution in [0, 0.1) is 0 Å². The van der Waals surface area contributed by atoms with Crippen molar-refractivity contribution in [3.63, 3.8) is 0 Å². The van der Waals surface area contributed by atoms with Crippen LogP contribution < -0.4 is 0 Å². The minimum absolute atomic E-state index is 0.342. The summed E-state index contributed by atoms with van der Waals surface area (Å²) in [7, 11) is 5.70. The molecule has 11 heavy (non-hydrogen) atoms.